The van der Waals surface area contributed by atoms with Crippen LogP contribution in [-0.4, -0.2) is 60.2 Å². The summed E-state index contributed by atoms with van der Waals surface area (Å²) in [6.45, 7) is 4.32. The van der Waals surface area contributed by atoms with Gasteiger partial charge in [0.25, 0.3) is 10.2 Å². The van der Waals surface area contributed by atoms with Gasteiger partial charge in [-0.15, -0.1) is 11.8 Å². The van der Waals surface area contributed by atoms with Gasteiger partial charge in [0.15, 0.2) is 0 Å². The molecule has 1 heterocycles. The highest BCUT2D eigenvalue weighted by Gasteiger charge is 2.41. The van der Waals surface area contributed by atoms with Crippen LogP contribution in [0.15, 0.2) is 0 Å². The third-order valence-electron chi connectivity index (χ3n) is 3.79. The molecule has 2 fully saturated rings. The van der Waals surface area contributed by atoms with Gasteiger partial charge in [0, 0.05) is 25.4 Å². The third kappa shape index (κ3) is 3.47. The van der Waals surface area contributed by atoms with Crippen molar-refractivity contribution in [3.8, 4) is 0 Å². The van der Waals surface area contributed by atoms with Crippen LogP contribution >= 0.6 is 11.8 Å². The Kier molecular flexibility index (Phi) is 4.99. The molecule has 1 saturated carbocycles. The Hall–Kier alpha value is -0.310. The Balaban J connectivity index is 2.03. The van der Waals surface area contributed by atoms with Crippen molar-refractivity contribution in [2.45, 2.75) is 38.8 Å². The van der Waals surface area contributed by atoms with Gasteiger partial charge in [-0.2, -0.15) is 17.0 Å². The monoisotopic (exact) mass is 321 g/mol. The molecule has 1 aliphatic carbocycles. The van der Waals surface area contributed by atoms with Crippen molar-refractivity contribution in [3.05, 3.63) is 0 Å². The highest BCUT2D eigenvalue weighted by molar-refractivity contribution is 8.00. The van der Waals surface area contributed by atoms with Gasteiger partial charge in [-0.25, -0.2) is 0 Å². The van der Waals surface area contributed by atoms with Crippen molar-refractivity contribution in [1.82, 2.24) is 13.9 Å². The van der Waals surface area contributed by atoms with E-state index in [1.54, 1.807) is 7.05 Å². The van der Waals surface area contributed by atoms with Crippen LogP contribution in [0.1, 0.15) is 26.7 Å². The average molecular weight is 321 g/mol. The highest BCUT2D eigenvalue weighted by Crippen LogP contribution is 2.29. The lowest BCUT2D eigenvalue weighted by molar-refractivity contribution is -0.123. The molecule has 0 aromatic carbocycles. The van der Waals surface area contributed by atoms with Crippen LogP contribution in [0.3, 0.4) is 0 Å². The molecular weight excluding hydrogens is 298 g/mol. The summed E-state index contributed by atoms with van der Waals surface area (Å²) in [6.07, 6.45) is 2.33. The highest BCUT2D eigenvalue weighted by atomic mass is 32.2. The topological polar surface area (TPSA) is 69.7 Å². The fourth-order valence-electron chi connectivity index (χ4n) is 1.98. The summed E-state index contributed by atoms with van der Waals surface area (Å²) in [5, 5.41) is 2.88. The molecule has 1 atom stereocenters. The van der Waals surface area contributed by atoms with Crippen molar-refractivity contribution >= 4 is 27.9 Å². The number of hydrogen-bond donors (Lipinski definition) is 1. The Morgan fingerprint density at radius 1 is 1.45 bits per heavy atom. The van der Waals surface area contributed by atoms with E-state index in [1.807, 2.05) is 13.8 Å². The summed E-state index contributed by atoms with van der Waals surface area (Å²) in [5.74, 6) is 1.31. The Morgan fingerprint density at radius 2 is 2.10 bits per heavy atom. The van der Waals surface area contributed by atoms with Crippen molar-refractivity contribution in [2.24, 2.45) is 5.92 Å². The van der Waals surface area contributed by atoms with Gasteiger partial charge in [-0.3, -0.25) is 4.79 Å². The van der Waals surface area contributed by atoms with E-state index in [0.29, 0.717) is 24.1 Å². The molecule has 0 bridgehead atoms. The van der Waals surface area contributed by atoms with E-state index in [0.717, 1.165) is 12.8 Å². The largest absolute Gasteiger partial charge is 0.354 e. The van der Waals surface area contributed by atoms with Gasteiger partial charge in [-0.05, 0) is 32.6 Å². The first-order valence-electron chi connectivity index (χ1n) is 6.94. The molecular formula is C12H23N3O3S2. The molecule has 1 aliphatic heterocycles. The fourth-order valence-corrected chi connectivity index (χ4v) is 5.20. The maximum atomic E-state index is 12.5. The van der Waals surface area contributed by atoms with Crippen LogP contribution in [-0.2, 0) is 15.0 Å². The molecule has 1 N–H and O–H groups in total. The first-order chi connectivity index (χ1) is 9.34. The second-order valence-corrected chi connectivity index (χ2v) is 8.65. The second kappa shape index (κ2) is 6.21. The number of nitrogens with one attached hydrogen (secondary N) is 1. The third-order valence-corrected chi connectivity index (χ3v) is 7.10. The first kappa shape index (κ1) is 16.1. The van der Waals surface area contributed by atoms with Gasteiger partial charge in [0.2, 0.25) is 5.91 Å². The quantitative estimate of drug-likeness (QED) is 0.772. The van der Waals surface area contributed by atoms with Crippen molar-refractivity contribution in [2.75, 3.05) is 25.2 Å². The molecule has 0 radical (unpaired) electrons. The number of thioether (sulfide) groups is 1. The van der Waals surface area contributed by atoms with Crippen molar-refractivity contribution in [3.63, 3.8) is 0 Å². The van der Waals surface area contributed by atoms with E-state index >= 15 is 0 Å². The van der Waals surface area contributed by atoms with Crippen LogP contribution in [0.25, 0.3) is 0 Å². The molecule has 8 heteroatoms. The number of rotatable bonds is 6. The molecule has 0 aromatic heterocycles. The molecule has 2 aliphatic rings. The molecule has 1 amide bonds. The van der Waals surface area contributed by atoms with Crippen molar-refractivity contribution in [1.29, 1.82) is 0 Å². The lowest BCUT2D eigenvalue weighted by Crippen LogP contribution is -2.52. The van der Waals surface area contributed by atoms with Crippen LogP contribution in [0.4, 0.5) is 0 Å². The summed E-state index contributed by atoms with van der Waals surface area (Å²) in [4.78, 5) is 12.2. The number of nitrogens with zero attached hydrogens (tertiary/aromatic N) is 2. The van der Waals surface area contributed by atoms with Gasteiger partial charge in [0.1, 0.15) is 6.04 Å². The van der Waals surface area contributed by atoms with Crippen LogP contribution in [0.5, 0.6) is 0 Å². The van der Waals surface area contributed by atoms with Gasteiger partial charge >= 0.3 is 0 Å². The van der Waals surface area contributed by atoms with Crippen LogP contribution < -0.4 is 5.32 Å². The predicted octanol–water partition coefficient (Wildman–Crippen LogP) is 0.473. The summed E-state index contributed by atoms with van der Waals surface area (Å²) in [7, 11) is -2.01. The van der Waals surface area contributed by atoms with Crippen LogP contribution in [0, 0.1) is 5.92 Å². The molecule has 2 rings (SSSR count). The number of carbonyl (C=O) groups is 1. The number of carbonyl (C=O) groups excluding carboxylic acids is 1. The second-order valence-electron chi connectivity index (χ2n) is 5.71. The standard InChI is InChI=1S/C12H23N3O3S2/c1-9(2)14(3)20(17,18)15-8-19-7-11(15)12(16)13-6-10-4-5-10/h9-11H,4-8H2,1-3H3,(H,13,16)/t11-/m0/s1. The summed E-state index contributed by atoms with van der Waals surface area (Å²) in [6, 6.07) is -0.703. The summed E-state index contributed by atoms with van der Waals surface area (Å²) in [5.41, 5.74) is 0. The molecule has 0 aromatic rings. The molecule has 0 unspecified atom stereocenters. The molecule has 6 nitrogen and oxygen atoms in total. The lowest BCUT2D eigenvalue weighted by Gasteiger charge is -2.29. The Morgan fingerprint density at radius 3 is 2.65 bits per heavy atom. The normalized spacial score (nSPS) is 24.6. The number of amides is 1. The maximum absolute atomic E-state index is 12.5. The van der Waals surface area contributed by atoms with E-state index in [-0.39, 0.29) is 11.9 Å². The maximum Gasteiger partial charge on any atom is 0.283 e. The Bertz CT molecular complexity index is 463. The zero-order chi connectivity index (χ0) is 14.9. The SMILES string of the molecule is CC(C)N(C)S(=O)(=O)N1CSC[C@H]1C(=O)NCC1CC1. The van der Waals surface area contributed by atoms with Gasteiger partial charge < -0.3 is 5.32 Å². The lowest BCUT2D eigenvalue weighted by atomic mass is 10.3. The van der Waals surface area contributed by atoms with E-state index in [9.17, 15) is 13.2 Å². The zero-order valence-electron chi connectivity index (χ0n) is 12.2. The number of hydrogen-bond acceptors (Lipinski definition) is 4. The minimum Gasteiger partial charge on any atom is -0.354 e. The minimum absolute atomic E-state index is 0.124. The molecule has 20 heavy (non-hydrogen) atoms. The average Bonchev–Trinajstić information content (AvgIpc) is 3.08. The minimum atomic E-state index is -3.57. The Labute approximate surface area is 125 Å². The summed E-state index contributed by atoms with van der Waals surface area (Å²) < 4.78 is 27.6. The summed E-state index contributed by atoms with van der Waals surface area (Å²) >= 11 is 1.48. The molecule has 0 spiro atoms. The van der Waals surface area contributed by atoms with E-state index in [4.69, 9.17) is 0 Å². The van der Waals surface area contributed by atoms with E-state index in [1.165, 1.54) is 20.4 Å². The van der Waals surface area contributed by atoms with E-state index in [2.05, 4.69) is 5.32 Å². The fraction of sp³-hybridized carbons (Fsp3) is 0.917. The van der Waals surface area contributed by atoms with Gasteiger partial charge in [0.05, 0.1) is 5.88 Å². The van der Waals surface area contributed by atoms with Gasteiger partial charge in [-0.1, -0.05) is 0 Å². The van der Waals surface area contributed by atoms with Crippen LogP contribution in [0.2, 0.25) is 0 Å². The predicted molar refractivity (Wildman–Crippen MR) is 80.5 cm³/mol. The molecule has 1 saturated heterocycles. The smallest absolute Gasteiger partial charge is 0.283 e. The molecule has 116 valence electrons. The van der Waals surface area contributed by atoms with Crippen molar-refractivity contribution < 1.29 is 13.2 Å². The first-order valence-corrected chi connectivity index (χ1v) is 9.49. The zero-order valence-corrected chi connectivity index (χ0v) is 13.8. The van der Waals surface area contributed by atoms with E-state index < -0.39 is 16.3 Å².